The lowest BCUT2D eigenvalue weighted by atomic mass is 10.2. The fourth-order valence-electron chi connectivity index (χ4n) is 2.66. The van der Waals surface area contributed by atoms with Gasteiger partial charge in [0.15, 0.2) is 0 Å². The Morgan fingerprint density at radius 1 is 0.929 bits per heavy atom. The maximum Gasteiger partial charge on any atom is 0.255 e. The van der Waals surface area contributed by atoms with Crippen LogP contribution in [0, 0.1) is 6.92 Å². The number of nitrogens with one attached hydrogen (secondary N) is 2. The fourth-order valence-corrected chi connectivity index (χ4v) is 2.66. The Morgan fingerprint density at radius 3 is 2.39 bits per heavy atom. The summed E-state index contributed by atoms with van der Waals surface area (Å²) in [6.07, 6.45) is 8.25. The molecule has 0 aliphatic rings. The maximum atomic E-state index is 12.2. The van der Waals surface area contributed by atoms with Crippen LogP contribution >= 0.6 is 0 Å². The second kappa shape index (κ2) is 7.67. The van der Waals surface area contributed by atoms with Gasteiger partial charge in [-0.2, -0.15) is 0 Å². The van der Waals surface area contributed by atoms with E-state index in [1.54, 1.807) is 30.7 Å². The quantitative estimate of drug-likeness (QED) is 0.558. The van der Waals surface area contributed by atoms with E-state index in [9.17, 15) is 4.79 Å². The average molecular weight is 371 g/mol. The number of hydrogen-bond donors (Lipinski definition) is 2. The van der Waals surface area contributed by atoms with Crippen LogP contribution in [0.5, 0.6) is 0 Å². The Kier molecular flexibility index (Phi) is 4.75. The van der Waals surface area contributed by atoms with Crippen LogP contribution in [-0.4, -0.2) is 30.4 Å². The summed E-state index contributed by atoms with van der Waals surface area (Å²) >= 11 is 0. The number of aromatic nitrogens is 5. The van der Waals surface area contributed by atoms with Gasteiger partial charge in [0.2, 0.25) is 0 Å². The fraction of sp³-hybridized carbons (Fsp3) is 0.0500. The summed E-state index contributed by atoms with van der Waals surface area (Å²) in [6, 6.07) is 12.6. The molecule has 1 aromatic carbocycles. The Hall–Kier alpha value is -4.07. The lowest BCUT2D eigenvalue weighted by Gasteiger charge is -2.10. The highest BCUT2D eigenvalue weighted by Gasteiger charge is 2.07. The Labute approximate surface area is 161 Å². The molecule has 0 aliphatic carbocycles. The molecule has 2 N–H and O–H groups in total. The zero-order chi connectivity index (χ0) is 19.3. The molecule has 8 heteroatoms. The van der Waals surface area contributed by atoms with Crippen LogP contribution in [-0.2, 0) is 0 Å². The Balaban J connectivity index is 1.45. The third-order valence-corrected chi connectivity index (χ3v) is 4.08. The van der Waals surface area contributed by atoms with E-state index in [0.717, 1.165) is 17.3 Å². The van der Waals surface area contributed by atoms with Crippen LogP contribution < -0.4 is 10.6 Å². The Morgan fingerprint density at radius 2 is 1.68 bits per heavy atom. The third-order valence-electron chi connectivity index (χ3n) is 4.08. The monoisotopic (exact) mass is 371 g/mol. The number of benzene rings is 1. The number of rotatable bonds is 5. The predicted octanol–water partition coefficient (Wildman–Crippen LogP) is 3.36. The largest absolute Gasteiger partial charge is 0.340 e. The van der Waals surface area contributed by atoms with Gasteiger partial charge in [-0.25, -0.2) is 15.0 Å². The van der Waals surface area contributed by atoms with Gasteiger partial charge in [0, 0.05) is 47.8 Å². The highest BCUT2D eigenvalue weighted by atomic mass is 16.1. The van der Waals surface area contributed by atoms with Crippen molar-refractivity contribution in [1.82, 2.24) is 24.5 Å². The van der Waals surface area contributed by atoms with E-state index in [-0.39, 0.29) is 5.91 Å². The second-order valence-electron chi connectivity index (χ2n) is 6.00. The number of carbonyl (C=O) groups excluding carboxylic acids is 1. The topological polar surface area (TPSA) is 97.6 Å². The molecule has 3 aromatic heterocycles. The lowest BCUT2D eigenvalue weighted by Crippen LogP contribution is -2.11. The molecule has 0 unspecified atom stereocenters. The minimum atomic E-state index is -0.181. The number of nitrogens with zero attached hydrogens (tertiary/aromatic N) is 5. The molecule has 0 atom stereocenters. The summed E-state index contributed by atoms with van der Waals surface area (Å²) in [7, 11) is 0. The summed E-state index contributed by atoms with van der Waals surface area (Å²) in [4.78, 5) is 28.8. The molecule has 1 amide bonds. The summed E-state index contributed by atoms with van der Waals surface area (Å²) in [6.45, 7) is 1.91. The summed E-state index contributed by atoms with van der Waals surface area (Å²) in [5.41, 5.74) is 2.10. The summed E-state index contributed by atoms with van der Waals surface area (Å²) in [5.74, 6) is 2.05. The van der Waals surface area contributed by atoms with E-state index in [1.807, 2.05) is 48.0 Å². The molecule has 0 bridgehead atoms. The molecule has 3 heterocycles. The van der Waals surface area contributed by atoms with Crippen LogP contribution in [0.25, 0.3) is 5.82 Å². The predicted molar refractivity (Wildman–Crippen MR) is 106 cm³/mol. The van der Waals surface area contributed by atoms with Gasteiger partial charge < -0.3 is 10.6 Å². The van der Waals surface area contributed by atoms with Crippen LogP contribution in [0.1, 0.15) is 16.2 Å². The maximum absolute atomic E-state index is 12.2. The number of aryl methyl sites for hydroxylation is 1. The highest BCUT2D eigenvalue weighted by molar-refractivity contribution is 6.04. The van der Waals surface area contributed by atoms with Crippen molar-refractivity contribution in [2.75, 3.05) is 10.6 Å². The van der Waals surface area contributed by atoms with Crippen molar-refractivity contribution >= 4 is 23.1 Å². The minimum Gasteiger partial charge on any atom is -0.340 e. The number of amides is 1. The summed E-state index contributed by atoms with van der Waals surface area (Å²) in [5, 5.41) is 6.08. The first-order valence-corrected chi connectivity index (χ1v) is 8.60. The number of pyridine rings is 1. The molecule has 0 fully saturated rings. The SMILES string of the molecule is Cc1nccn1-c1cc(Nc2ccc(NC(=O)c3ccncc3)cc2)ncn1. The lowest BCUT2D eigenvalue weighted by molar-refractivity contribution is 0.102. The van der Waals surface area contributed by atoms with Gasteiger partial charge >= 0.3 is 0 Å². The number of imidazole rings is 1. The zero-order valence-electron chi connectivity index (χ0n) is 15.1. The molecule has 0 radical (unpaired) electrons. The number of anilines is 3. The third kappa shape index (κ3) is 3.85. The molecule has 28 heavy (non-hydrogen) atoms. The number of carbonyl (C=O) groups is 1. The van der Waals surface area contributed by atoms with E-state index < -0.39 is 0 Å². The molecule has 138 valence electrons. The Bertz CT molecular complexity index is 1090. The van der Waals surface area contributed by atoms with Gasteiger partial charge in [-0.05, 0) is 43.3 Å². The van der Waals surface area contributed by atoms with Crippen LogP contribution in [0.15, 0.2) is 73.6 Å². The second-order valence-corrected chi connectivity index (χ2v) is 6.00. The van der Waals surface area contributed by atoms with E-state index in [2.05, 4.69) is 30.6 Å². The number of hydrogen-bond acceptors (Lipinski definition) is 6. The highest BCUT2D eigenvalue weighted by Crippen LogP contribution is 2.19. The van der Waals surface area contributed by atoms with Gasteiger partial charge in [0.05, 0.1) is 0 Å². The van der Waals surface area contributed by atoms with Crippen molar-refractivity contribution in [2.24, 2.45) is 0 Å². The van der Waals surface area contributed by atoms with Crippen molar-refractivity contribution < 1.29 is 4.79 Å². The molecule has 8 nitrogen and oxygen atoms in total. The van der Waals surface area contributed by atoms with Crippen LogP contribution in [0.3, 0.4) is 0 Å². The summed E-state index contributed by atoms with van der Waals surface area (Å²) < 4.78 is 1.88. The molecule has 0 spiro atoms. The first-order valence-electron chi connectivity index (χ1n) is 8.60. The van der Waals surface area contributed by atoms with E-state index in [0.29, 0.717) is 17.1 Å². The zero-order valence-corrected chi connectivity index (χ0v) is 15.1. The molecule has 4 aromatic rings. The van der Waals surface area contributed by atoms with Gasteiger partial charge in [-0.15, -0.1) is 0 Å². The smallest absolute Gasteiger partial charge is 0.255 e. The average Bonchev–Trinajstić information content (AvgIpc) is 3.16. The first kappa shape index (κ1) is 17.3. The van der Waals surface area contributed by atoms with Gasteiger partial charge in [0.25, 0.3) is 5.91 Å². The van der Waals surface area contributed by atoms with Gasteiger partial charge in [0.1, 0.15) is 23.8 Å². The van der Waals surface area contributed by atoms with Gasteiger partial charge in [-0.3, -0.25) is 14.3 Å². The molecule has 0 saturated carbocycles. The van der Waals surface area contributed by atoms with Crippen molar-refractivity contribution in [3.8, 4) is 5.82 Å². The van der Waals surface area contributed by atoms with Crippen molar-refractivity contribution in [2.45, 2.75) is 6.92 Å². The van der Waals surface area contributed by atoms with Crippen molar-refractivity contribution in [1.29, 1.82) is 0 Å². The van der Waals surface area contributed by atoms with Crippen molar-refractivity contribution in [3.63, 3.8) is 0 Å². The molecule has 0 saturated heterocycles. The molecule has 0 aliphatic heterocycles. The standard InChI is InChI=1S/C20H17N7O/c1-14-22-10-11-27(14)19-12-18(23-13-24-19)25-16-2-4-17(5-3-16)26-20(28)15-6-8-21-9-7-15/h2-13H,1H3,(H,26,28)(H,23,24,25). The molecular weight excluding hydrogens is 354 g/mol. The van der Waals surface area contributed by atoms with E-state index >= 15 is 0 Å². The van der Waals surface area contributed by atoms with Crippen LogP contribution in [0.2, 0.25) is 0 Å². The normalized spacial score (nSPS) is 10.5. The van der Waals surface area contributed by atoms with E-state index in [4.69, 9.17) is 0 Å². The van der Waals surface area contributed by atoms with Crippen LogP contribution in [0.4, 0.5) is 17.2 Å². The van der Waals surface area contributed by atoms with E-state index in [1.165, 1.54) is 6.33 Å². The van der Waals surface area contributed by atoms with Gasteiger partial charge in [-0.1, -0.05) is 0 Å². The molecule has 4 rings (SSSR count). The van der Waals surface area contributed by atoms with Crippen molar-refractivity contribution in [3.05, 3.63) is 85.0 Å². The molecular formula is C20H17N7O. The minimum absolute atomic E-state index is 0.181. The first-order chi connectivity index (χ1) is 13.7.